The minimum atomic E-state index is -0.294. The van der Waals surface area contributed by atoms with E-state index in [0.717, 1.165) is 27.9 Å². The molecule has 0 fully saturated rings. The van der Waals surface area contributed by atoms with Gasteiger partial charge in [-0.1, -0.05) is 42.5 Å². The van der Waals surface area contributed by atoms with Gasteiger partial charge in [-0.2, -0.15) is 5.10 Å². The van der Waals surface area contributed by atoms with Crippen molar-refractivity contribution in [3.8, 4) is 11.3 Å². The molecule has 0 unspecified atom stereocenters. The molecule has 0 saturated heterocycles. The van der Waals surface area contributed by atoms with E-state index in [1.54, 1.807) is 28.8 Å². The number of aromatic nitrogens is 3. The highest BCUT2D eigenvalue weighted by atomic mass is 19.1. The summed E-state index contributed by atoms with van der Waals surface area (Å²) in [4.78, 5) is 19.7. The first-order valence-corrected chi connectivity index (χ1v) is 9.33. The van der Waals surface area contributed by atoms with Crippen molar-refractivity contribution in [2.24, 2.45) is 7.05 Å². The van der Waals surface area contributed by atoms with Crippen molar-refractivity contribution < 1.29 is 9.18 Å². The second kappa shape index (κ2) is 7.47. The number of carbonyl (C=O) groups is 1. The van der Waals surface area contributed by atoms with Crippen LogP contribution in [0.3, 0.4) is 0 Å². The predicted octanol–water partition coefficient (Wildman–Crippen LogP) is 4.36. The molecule has 1 amide bonds. The molecule has 0 spiro atoms. The largest absolute Gasteiger partial charge is 0.337 e. The molecule has 4 aromatic rings. The molecule has 0 radical (unpaired) electrons. The molecular weight excluding hydrogens is 367 g/mol. The lowest BCUT2D eigenvalue weighted by Crippen LogP contribution is -2.26. The number of carbonyl (C=O) groups excluding carboxylic acids is 1. The van der Waals surface area contributed by atoms with Gasteiger partial charge in [0.15, 0.2) is 5.65 Å². The molecule has 146 valence electrons. The molecule has 29 heavy (non-hydrogen) atoms. The fraction of sp³-hybridized carbons (Fsp3) is 0.174. The van der Waals surface area contributed by atoms with E-state index in [0.29, 0.717) is 17.8 Å². The van der Waals surface area contributed by atoms with E-state index < -0.39 is 0 Å². The highest BCUT2D eigenvalue weighted by Gasteiger charge is 2.21. The highest BCUT2D eigenvalue weighted by molar-refractivity contribution is 6.07. The number of hydrogen-bond acceptors (Lipinski definition) is 3. The number of fused-ring (bicyclic) bond motifs is 1. The number of benzene rings is 2. The van der Waals surface area contributed by atoms with Gasteiger partial charge in [0.25, 0.3) is 5.91 Å². The van der Waals surface area contributed by atoms with Gasteiger partial charge in [-0.3, -0.25) is 9.48 Å². The number of amides is 1. The molecule has 4 rings (SSSR count). The van der Waals surface area contributed by atoms with Crippen molar-refractivity contribution in [2.75, 3.05) is 7.05 Å². The van der Waals surface area contributed by atoms with Gasteiger partial charge in [0, 0.05) is 26.2 Å². The Bertz CT molecular complexity index is 1180. The molecule has 0 aliphatic carbocycles. The Labute approximate surface area is 168 Å². The maximum absolute atomic E-state index is 13.4. The van der Waals surface area contributed by atoms with Crippen molar-refractivity contribution in [3.05, 3.63) is 83.3 Å². The third-order valence-electron chi connectivity index (χ3n) is 4.95. The normalized spacial score (nSPS) is 11.0. The summed E-state index contributed by atoms with van der Waals surface area (Å²) < 4.78 is 14.9. The van der Waals surface area contributed by atoms with E-state index in [-0.39, 0.29) is 11.7 Å². The summed E-state index contributed by atoms with van der Waals surface area (Å²) in [7, 11) is 3.57. The Balaban J connectivity index is 1.78. The molecule has 2 aromatic carbocycles. The quantitative estimate of drug-likeness (QED) is 0.522. The van der Waals surface area contributed by atoms with Crippen LogP contribution in [0.4, 0.5) is 4.39 Å². The van der Waals surface area contributed by atoms with Gasteiger partial charge in [0.1, 0.15) is 5.82 Å². The first-order chi connectivity index (χ1) is 13.9. The van der Waals surface area contributed by atoms with Crippen molar-refractivity contribution >= 4 is 16.9 Å². The van der Waals surface area contributed by atoms with Crippen LogP contribution in [0, 0.1) is 12.7 Å². The Kier molecular flexibility index (Phi) is 4.84. The van der Waals surface area contributed by atoms with Gasteiger partial charge in [-0.05, 0) is 30.7 Å². The second-order valence-corrected chi connectivity index (χ2v) is 7.12. The smallest absolute Gasteiger partial charge is 0.254 e. The van der Waals surface area contributed by atoms with E-state index in [1.165, 1.54) is 12.1 Å². The molecule has 0 N–H and O–H groups in total. The summed E-state index contributed by atoms with van der Waals surface area (Å²) >= 11 is 0. The number of hydrogen-bond donors (Lipinski definition) is 0. The lowest BCUT2D eigenvalue weighted by atomic mass is 10.0. The molecule has 2 aromatic heterocycles. The Morgan fingerprint density at radius 3 is 2.48 bits per heavy atom. The SMILES string of the molecule is Cc1nn(C)c2nc(-c3ccccc3)cc(C(=O)N(C)Cc3ccc(F)cc3)c12. The summed E-state index contributed by atoms with van der Waals surface area (Å²) in [6, 6.07) is 17.8. The number of halogens is 1. The van der Waals surface area contributed by atoms with Gasteiger partial charge < -0.3 is 4.90 Å². The van der Waals surface area contributed by atoms with Crippen LogP contribution >= 0.6 is 0 Å². The average Bonchev–Trinajstić information content (AvgIpc) is 3.03. The summed E-state index contributed by atoms with van der Waals surface area (Å²) in [5.41, 5.74) is 4.50. The molecule has 5 nitrogen and oxygen atoms in total. The molecule has 6 heteroatoms. The standard InChI is InChI=1S/C23H21FN4O/c1-15-21-19(23(29)27(2)14-16-9-11-18(24)12-10-16)13-20(17-7-5-4-6-8-17)25-22(21)28(3)26-15/h4-13H,14H2,1-3H3. The van der Waals surface area contributed by atoms with Gasteiger partial charge in [0.2, 0.25) is 0 Å². The van der Waals surface area contributed by atoms with Crippen LogP contribution in [0.1, 0.15) is 21.6 Å². The van der Waals surface area contributed by atoms with E-state index >= 15 is 0 Å². The average molecular weight is 388 g/mol. The second-order valence-electron chi connectivity index (χ2n) is 7.12. The first kappa shape index (κ1) is 18.8. The maximum atomic E-state index is 13.4. The molecular formula is C23H21FN4O. The number of pyridine rings is 1. The van der Waals surface area contributed by atoms with Crippen molar-refractivity contribution in [1.29, 1.82) is 0 Å². The molecule has 0 saturated carbocycles. The molecule has 0 atom stereocenters. The van der Waals surface area contributed by atoms with Gasteiger partial charge >= 0.3 is 0 Å². The fourth-order valence-corrected chi connectivity index (χ4v) is 3.51. The molecule has 0 bridgehead atoms. The maximum Gasteiger partial charge on any atom is 0.254 e. The number of aryl methyl sites for hydroxylation is 2. The van der Waals surface area contributed by atoms with Crippen LogP contribution in [0.5, 0.6) is 0 Å². The monoisotopic (exact) mass is 388 g/mol. The van der Waals surface area contributed by atoms with Crippen molar-refractivity contribution in [2.45, 2.75) is 13.5 Å². The lowest BCUT2D eigenvalue weighted by molar-refractivity contribution is 0.0787. The number of nitrogens with zero attached hydrogens (tertiary/aromatic N) is 4. The van der Waals surface area contributed by atoms with Crippen LogP contribution in [0.2, 0.25) is 0 Å². The topological polar surface area (TPSA) is 51.0 Å². The highest BCUT2D eigenvalue weighted by Crippen LogP contribution is 2.27. The molecule has 2 heterocycles. The molecule has 0 aliphatic heterocycles. The predicted molar refractivity (Wildman–Crippen MR) is 111 cm³/mol. The summed E-state index contributed by atoms with van der Waals surface area (Å²) in [5.74, 6) is -0.424. The zero-order chi connectivity index (χ0) is 20.5. The Morgan fingerprint density at radius 1 is 1.10 bits per heavy atom. The first-order valence-electron chi connectivity index (χ1n) is 9.33. The Hall–Kier alpha value is -3.54. The van der Waals surface area contributed by atoms with Crippen molar-refractivity contribution in [3.63, 3.8) is 0 Å². The minimum absolute atomic E-state index is 0.130. The van der Waals surface area contributed by atoms with Gasteiger partial charge in [-0.25, -0.2) is 9.37 Å². The van der Waals surface area contributed by atoms with Crippen LogP contribution in [0.25, 0.3) is 22.3 Å². The number of rotatable bonds is 4. The summed E-state index contributed by atoms with van der Waals surface area (Å²) in [6.45, 7) is 2.26. The van der Waals surface area contributed by atoms with Crippen molar-refractivity contribution in [1.82, 2.24) is 19.7 Å². The molecule has 0 aliphatic rings. The van der Waals surface area contributed by atoms with E-state index in [9.17, 15) is 9.18 Å². The summed E-state index contributed by atoms with van der Waals surface area (Å²) in [5, 5.41) is 5.22. The van der Waals surface area contributed by atoms with E-state index in [4.69, 9.17) is 4.98 Å². The van der Waals surface area contributed by atoms with Crippen LogP contribution in [-0.4, -0.2) is 32.6 Å². The van der Waals surface area contributed by atoms with Gasteiger partial charge in [0.05, 0.1) is 22.3 Å². The van der Waals surface area contributed by atoms with Crippen LogP contribution in [0.15, 0.2) is 60.7 Å². The van der Waals surface area contributed by atoms with E-state index in [2.05, 4.69) is 5.10 Å². The zero-order valence-corrected chi connectivity index (χ0v) is 16.6. The van der Waals surface area contributed by atoms with Crippen LogP contribution < -0.4 is 0 Å². The third-order valence-corrected chi connectivity index (χ3v) is 4.95. The summed E-state index contributed by atoms with van der Waals surface area (Å²) in [6.07, 6.45) is 0. The minimum Gasteiger partial charge on any atom is -0.337 e. The Morgan fingerprint density at radius 2 is 1.79 bits per heavy atom. The fourth-order valence-electron chi connectivity index (χ4n) is 3.51. The third kappa shape index (κ3) is 3.61. The zero-order valence-electron chi connectivity index (χ0n) is 16.6. The van der Waals surface area contributed by atoms with E-state index in [1.807, 2.05) is 50.4 Å². The lowest BCUT2D eigenvalue weighted by Gasteiger charge is -2.18. The van der Waals surface area contributed by atoms with Crippen LogP contribution in [-0.2, 0) is 13.6 Å². The van der Waals surface area contributed by atoms with Gasteiger partial charge in [-0.15, -0.1) is 0 Å².